The number of aliphatic carboxylic acids is 1. The van der Waals surface area contributed by atoms with Crippen molar-refractivity contribution in [1.82, 2.24) is 9.97 Å². The quantitative estimate of drug-likeness (QED) is 0.188. The van der Waals surface area contributed by atoms with E-state index < -0.39 is 17.4 Å². The topological polar surface area (TPSA) is 129 Å². The predicted octanol–water partition coefficient (Wildman–Crippen LogP) is 5.97. The van der Waals surface area contributed by atoms with Crippen molar-refractivity contribution in [3.63, 3.8) is 0 Å². The van der Waals surface area contributed by atoms with Crippen molar-refractivity contribution in [3.05, 3.63) is 84.0 Å². The fourth-order valence-corrected chi connectivity index (χ4v) is 5.43. The zero-order valence-electron chi connectivity index (χ0n) is 22.7. The Labute approximate surface area is 235 Å². The van der Waals surface area contributed by atoms with Crippen LogP contribution in [0.15, 0.2) is 77.3 Å². The van der Waals surface area contributed by atoms with Gasteiger partial charge < -0.3 is 20.0 Å². The lowest BCUT2D eigenvalue weighted by atomic mass is 9.73. The van der Waals surface area contributed by atoms with Crippen molar-refractivity contribution in [2.75, 3.05) is 6.61 Å². The lowest BCUT2D eigenvalue weighted by Crippen LogP contribution is -2.49. The molecular weight excluding hydrogens is 506 g/mol. The van der Waals surface area contributed by atoms with Crippen molar-refractivity contribution in [2.24, 2.45) is 11.7 Å². The maximum Gasteiger partial charge on any atom is 0.333 e. The number of hydrogen-bond donors (Lipinski definition) is 2. The molecule has 210 valence electrons. The number of carbonyl (C=O) groups excluding carboxylic acids is 1. The summed E-state index contributed by atoms with van der Waals surface area (Å²) in [6.45, 7) is 0.642. The van der Waals surface area contributed by atoms with E-state index in [0.29, 0.717) is 31.1 Å². The maximum atomic E-state index is 12.9. The summed E-state index contributed by atoms with van der Waals surface area (Å²) >= 11 is 0. The predicted molar refractivity (Wildman–Crippen MR) is 153 cm³/mol. The van der Waals surface area contributed by atoms with E-state index in [1.54, 1.807) is 36.7 Å². The van der Waals surface area contributed by atoms with Crippen LogP contribution < -0.4 is 5.73 Å². The van der Waals surface area contributed by atoms with Gasteiger partial charge in [-0.15, -0.1) is 0 Å². The van der Waals surface area contributed by atoms with Gasteiger partial charge in [0.15, 0.2) is 5.54 Å². The Bertz CT molecular complexity index is 1300. The SMILES string of the molecule is NC(C(=O)O)(C(=C=O)C(CC=Cc1cccnc1)CCCCOC1CCCCC1)c1ccccc1-c1ncco1. The van der Waals surface area contributed by atoms with Crippen molar-refractivity contribution in [3.8, 4) is 11.5 Å². The number of unbranched alkanes of at least 4 members (excludes halogenated alkanes) is 1. The Morgan fingerprint density at radius 1 is 1.18 bits per heavy atom. The van der Waals surface area contributed by atoms with Gasteiger partial charge >= 0.3 is 5.97 Å². The molecule has 0 bridgehead atoms. The molecule has 2 unspecified atom stereocenters. The smallest absolute Gasteiger partial charge is 0.333 e. The van der Waals surface area contributed by atoms with Gasteiger partial charge in [-0.3, -0.25) is 4.98 Å². The van der Waals surface area contributed by atoms with Crippen LogP contribution in [-0.4, -0.2) is 39.7 Å². The minimum Gasteiger partial charge on any atom is -0.479 e. The summed E-state index contributed by atoms with van der Waals surface area (Å²) in [6.07, 6.45) is 18.9. The average Bonchev–Trinajstić information content (AvgIpc) is 3.53. The molecule has 0 radical (unpaired) electrons. The normalized spacial score (nSPS) is 16.3. The second-order valence-corrected chi connectivity index (χ2v) is 10.3. The average molecular weight is 544 g/mol. The molecule has 1 aromatic carbocycles. The van der Waals surface area contributed by atoms with E-state index in [0.717, 1.165) is 31.2 Å². The number of carbonyl (C=O) groups is 1. The minimum absolute atomic E-state index is 0.0111. The summed E-state index contributed by atoms with van der Waals surface area (Å²) in [4.78, 5) is 33.8. The van der Waals surface area contributed by atoms with Crippen molar-refractivity contribution < 1.29 is 23.8 Å². The zero-order valence-corrected chi connectivity index (χ0v) is 22.7. The molecule has 0 saturated heterocycles. The summed E-state index contributed by atoms with van der Waals surface area (Å²) in [6, 6.07) is 10.5. The summed E-state index contributed by atoms with van der Waals surface area (Å²) < 4.78 is 11.5. The molecule has 2 heterocycles. The van der Waals surface area contributed by atoms with Gasteiger partial charge in [0.2, 0.25) is 5.89 Å². The monoisotopic (exact) mass is 543 g/mol. The second kappa shape index (κ2) is 14.5. The van der Waals surface area contributed by atoms with Crippen LogP contribution in [0.25, 0.3) is 17.5 Å². The highest BCUT2D eigenvalue weighted by Crippen LogP contribution is 2.39. The molecule has 1 aliphatic rings. The molecule has 1 fully saturated rings. The highest BCUT2D eigenvalue weighted by Gasteiger charge is 2.46. The molecule has 3 N–H and O–H groups in total. The van der Waals surface area contributed by atoms with Crippen molar-refractivity contribution in [2.45, 2.75) is 69.4 Å². The Morgan fingerprint density at radius 2 is 2.00 bits per heavy atom. The first-order chi connectivity index (χ1) is 19.5. The van der Waals surface area contributed by atoms with Crippen LogP contribution in [-0.2, 0) is 19.9 Å². The highest BCUT2D eigenvalue weighted by molar-refractivity contribution is 5.90. The number of rotatable bonds is 14. The molecule has 40 heavy (non-hydrogen) atoms. The summed E-state index contributed by atoms with van der Waals surface area (Å²) in [5, 5.41) is 10.5. The molecule has 0 spiro atoms. The zero-order chi connectivity index (χ0) is 28.2. The van der Waals surface area contributed by atoms with Gasteiger partial charge in [0.05, 0.1) is 17.9 Å². The Morgan fingerprint density at radius 3 is 2.70 bits per heavy atom. The molecule has 3 aromatic rings. The molecule has 1 aliphatic carbocycles. The van der Waals surface area contributed by atoms with Crippen LogP contribution in [0.5, 0.6) is 0 Å². The maximum absolute atomic E-state index is 12.9. The summed E-state index contributed by atoms with van der Waals surface area (Å²) in [7, 11) is 0. The Balaban J connectivity index is 1.58. The van der Waals surface area contributed by atoms with E-state index >= 15 is 0 Å². The van der Waals surface area contributed by atoms with Gasteiger partial charge in [-0.1, -0.05) is 62.1 Å². The number of hydrogen-bond acceptors (Lipinski definition) is 7. The molecule has 0 amide bonds. The number of carboxylic acids is 1. The number of allylic oxidation sites excluding steroid dienone is 1. The summed E-state index contributed by atoms with van der Waals surface area (Å²) in [5.74, 6) is 0.395. The number of carboxylic acid groups (broad SMARTS) is 1. The van der Waals surface area contributed by atoms with Gasteiger partial charge in [-0.2, -0.15) is 0 Å². The molecule has 2 aromatic heterocycles. The van der Waals surface area contributed by atoms with Crippen LogP contribution in [0, 0.1) is 5.92 Å². The summed E-state index contributed by atoms with van der Waals surface area (Å²) in [5.41, 5.74) is 6.12. The third kappa shape index (κ3) is 7.21. The third-order valence-corrected chi connectivity index (χ3v) is 7.56. The van der Waals surface area contributed by atoms with Crippen LogP contribution in [0.4, 0.5) is 0 Å². The molecule has 2 atom stereocenters. The number of nitrogens with two attached hydrogens (primary N) is 1. The highest BCUT2D eigenvalue weighted by atomic mass is 16.5. The Hall–Kier alpha value is -3.84. The van der Waals surface area contributed by atoms with Crippen LogP contribution in [0.2, 0.25) is 0 Å². The van der Waals surface area contributed by atoms with E-state index in [-0.39, 0.29) is 17.0 Å². The number of benzene rings is 1. The second-order valence-electron chi connectivity index (χ2n) is 10.3. The molecule has 4 rings (SSSR count). The standard InChI is InChI=1S/C32H37N3O5/c33-32(31(37)38,28-17-5-4-16-27(28)30-35-19-21-40-30)29(23-36)25(13-8-10-24-11-9-18-34-22-24)12-6-7-20-39-26-14-2-1-3-15-26/h4-5,8-11,16-19,21-22,25-26H,1-3,6-7,12-15,20,33H2,(H,37,38). The van der Waals surface area contributed by atoms with Crippen LogP contribution >= 0.6 is 0 Å². The van der Waals surface area contributed by atoms with Gasteiger partial charge in [-0.25, -0.2) is 14.6 Å². The number of ether oxygens (including phenoxy) is 1. The largest absolute Gasteiger partial charge is 0.479 e. The number of pyridine rings is 1. The lowest BCUT2D eigenvalue weighted by Gasteiger charge is -2.32. The molecule has 0 aliphatic heterocycles. The van der Waals surface area contributed by atoms with Gasteiger partial charge in [0.25, 0.3) is 0 Å². The van der Waals surface area contributed by atoms with Gasteiger partial charge in [0.1, 0.15) is 12.2 Å². The van der Waals surface area contributed by atoms with E-state index in [1.807, 2.05) is 30.2 Å². The molecule has 8 nitrogen and oxygen atoms in total. The number of aromatic nitrogens is 2. The fourth-order valence-electron chi connectivity index (χ4n) is 5.43. The van der Waals surface area contributed by atoms with E-state index in [4.69, 9.17) is 14.9 Å². The lowest BCUT2D eigenvalue weighted by molar-refractivity contribution is -0.142. The molecule has 8 heteroatoms. The van der Waals surface area contributed by atoms with Gasteiger partial charge in [0, 0.05) is 30.1 Å². The van der Waals surface area contributed by atoms with Gasteiger partial charge in [-0.05, 0) is 55.7 Å². The molecule has 1 saturated carbocycles. The first kappa shape index (κ1) is 29.2. The van der Waals surface area contributed by atoms with E-state index in [9.17, 15) is 14.7 Å². The Kier molecular flexibility index (Phi) is 10.6. The number of oxazole rings is 1. The van der Waals surface area contributed by atoms with Crippen molar-refractivity contribution in [1.29, 1.82) is 0 Å². The van der Waals surface area contributed by atoms with Crippen LogP contribution in [0.1, 0.15) is 68.9 Å². The minimum atomic E-state index is -2.13. The fraction of sp³-hybridized carbons (Fsp3) is 0.406. The van der Waals surface area contributed by atoms with E-state index in [2.05, 4.69) is 9.97 Å². The number of nitrogens with zero attached hydrogens (tertiary/aromatic N) is 2. The first-order valence-corrected chi connectivity index (χ1v) is 14.0. The third-order valence-electron chi connectivity index (χ3n) is 7.56. The molecular formula is C32H37N3O5. The van der Waals surface area contributed by atoms with Crippen LogP contribution in [0.3, 0.4) is 0 Å². The van der Waals surface area contributed by atoms with Crippen molar-refractivity contribution >= 4 is 18.0 Å². The van der Waals surface area contributed by atoms with E-state index in [1.165, 1.54) is 31.7 Å². The first-order valence-electron chi connectivity index (χ1n) is 14.0.